The molecular weight excluding hydrogens is 420 g/mol. The van der Waals surface area contributed by atoms with Gasteiger partial charge in [-0.2, -0.15) is 0 Å². The summed E-state index contributed by atoms with van der Waals surface area (Å²) in [7, 11) is 1.57. The molecule has 0 bridgehead atoms. The molecule has 0 radical (unpaired) electrons. The first-order chi connectivity index (χ1) is 15.1. The van der Waals surface area contributed by atoms with Crippen molar-refractivity contribution in [1.82, 2.24) is 9.97 Å². The minimum absolute atomic E-state index is 0.220. The maximum atomic E-state index is 12.2. The van der Waals surface area contributed by atoms with Gasteiger partial charge in [0.15, 0.2) is 11.5 Å². The Morgan fingerprint density at radius 3 is 2.71 bits per heavy atom. The number of Topliss-reactive ketones (excluding diaryl/α,β-unsaturated/α-hetero) is 1. The zero-order valence-electron chi connectivity index (χ0n) is 17.0. The Labute approximate surface area is 184 Å². The first-order valence-corrected chi connectivity index (χ1v) is 10.6. The van der Waals surface area contributed by atoms with Crippen molar-refractivity contribution in [2.75, 3.05) is 20.3 Å². The molecule has 7 nitrogen and oxygen atoms in total. The van der Waals surface area contributed by atoms with E-state index in [1.165, 1.54) is 6.33 Å². The maximum absolute atomic E-state index is 12.2. The average molecular weight is 441 g/mol. The van der Waals surface area contributed by atoms with Crippen molar-refractivity contribution in [2.24, 2.45) is 5.92 Å². The van der Waals surface area contributed by atoms with Crippen LogP contribution in [0.2, 0.25) is 5.02 Å². The number of carbonyl (C=O) groups is 1. The minimum Gasteiger partial charge on any atom is -0.493 e. The van der Waals surface area contributed by atoms with Gasteiger partial charge in [0, 0.05) is 23.9 Å². The summed E-state index contributed by atoms with van der Waals surface area (Å²) in [4.78, 5) is 20.8. The molecule has 3 aromatic rings. The molecule has 5 rings (SSSR count). The van der Waals surface area contributed by atoms with Crippen LogP contribution in [-0.4, -0.2) is 36.1 Å². The molecule has 0 amide bonds. The highest BCUT2D eigenvalue weighted by Gasteiger charge is 2.26. The maximum Gasteiger partial charge on any atom is 0.234 e. The molecule has 8 heteroatoms. The van der Waals surface area contributed by atoms with Gasteiger partial charge in [0.05, 0.1) is 12.6 Å². The highest BCUT2D eigenvalue weighted by atomic mass is 35.5. The molecule has 0 atom stereocenters. The number of carbonyl (C=O) groups excluding carboxylic acids is 1. The number of halogens is 1. The number of ketones is 1. The van der Waals surface area contributed by atoms with E-state index < -0.39 is 0 Å². The molecule has 0 N–H and O–H groups in total. The number of fused-ring (bicyclic) bond motifs is 3. The standard InChI is InChI=1S/C23H21ClN2O5/c1-28-19-11-18-20(22-21(19)29-6-7-30-22)23(26-12-25-18)31-16-5-4-14(17(24)10-16)9-15(27)8-13-2-3-13/h4-5,10-13H,2-3,6-9H2,1H3. The number of hydrogen-bond donors (Lipinski definition) is 0. The lowest BCUT2D eigenvalue weighted by Crippen LogP contribution is -2.16. The van der Waals surface area contributed by atoms with Gasteiger partial charge in [-0.05, 0) is 36.5 Å². The Hall–Kier alpha value is -3.06. The number of benzene rings is 2. The van der Waals surface area contributed by atoms with Crippen LogP contribution in [0.3, 0.4) is 0 Å². The van der Waals surface area contributed by atoms with Crippen molar-refractivity contribution in [3.8, 4) is 28.9 Å². The minimum atomic E-state index is 0.220. The average Bonchev–Trinajstić information content (AvgIpc) is 3.59. The smallest absolute Gasteiger partial charge is 0.234 e. The van der Waals surface area contributed by atoms with Gasteiger partial charge in [0.1, 0.15) is 36.5 Å². The zero-order chi connectivity index (χ0) is 21.4. The summed E-state index contributed by atoms with van der Waals surface area (Å²) in [6.45, 7) is 0.828. The second-order valence-corrected chi connectivity index (χ2v) is 8.13. The Morgan fingerprint density at radius 2 is 1.97 bits per heavy atom. The molecule has 0 spiro atoms. The molecule has 160 valence electrons. The van der Waals surface area contributed by atoms with Crippen LogP contribution in [0.5, 0.6) is 28.9 Å². The molecule has 1 fully saturated rings. The lowest BCUT2D eigenvalue weighted by atomic mass is 10.0. The van der Waals surface area contributed by atoms with Crippen molar-refractivity contribution >= 4 is 28.3 Å². The normalized spacial score (nSPS) is 15.0. The van der Waals surface area contributed by atoms with Crippen LogP contribution in [0, 0.1) is 5.92 Å². The van der Waals surface area contributed by atoms with Gasteiger partial charge < -0.3 is 18.9 Å². The van der Waals surface area contributed by atoms with Crippen LogP contribution < -0.4 is 18.9 Å². The second kappa shape index (κ2) is 8.23. The summed E-state index contributed by atoms with van der Waals surface area (Å²) in [5, 5.41) is 1.08. The van der Waals surface area contributed by atoms with Gasteiger partial charge in [-0.3, -0.25) is 4.79 Å². The van der Waals surface area contributed by atoms with Crippen LogP contribution in [0.15, 0.2) is 30.6 Å². The van der Waals surface area contributed by atoms with Gasteiger partial charge >= 0.3 is 0 Å². The molecule has 2 aromatic carbocycles. The number of methoxy groups -OCH3 is 1. The molecule has 1 aliphatic carbocycles. The SMILES string of the molecule is COc1cc2ncnc(Oc3ccc(CC(=O)CC4CC4)c(Cl)c3)c2c2c1OCCO2. The summed E-state index contributed by atoms with van der Waals surface area (Å²) in [6, 6.07) is 7.07. The number of hydrogen-bond acceptors (Lipinski definition) is 7. The first-order valence-electron chi connectivity index (χ1n) is 10.2. The Morgan fingerprint density at radius 1 is 1.16 bits per heavy atom. The van der Waals surface area contributed by atoms with Crippen LogP contribution in [0.4, 0.5) is 0 Å². The summed E-state index contributed by atoms with van der Waals surface area (Å²) in [5.74, 6) is 3.14. The topological polar surface area (TPSA) is 79.8 Å². The van der Waals surface area contributed by atoms with E-state index in [-0.39, 0.29) is 5.78 Å². The second-order valence-electron chi connectivity index (χ2n) is 7.73. The van der Waals surface area contributed by atoms with Crippen molar-refractivity contribution in [3.63, 3.8) is 0 Å². The summed E-state index contributed by atoms with van der Waals surface area (Å²) < 4.78 is 23.1. The summed E-state index contributed by atoms with van der Waals surface area (Å²) >= 11 is 6.44. The third-order valence-electron chi connectivity index (χ3n) is 5.40. The van der Waals surface area contributed by atoms with E-state index in [9.17, 15) is 4.79 Å². The van der Waals surface area contributed by atoms with Gasteiger partial charge in [0.2, 0.25) is 11.6 Å². The molecule has 2 heterocycles. The predicted molar refractivity (Wildman–Crippen MR) is 115 cm³/mol. The van der Waals surface area contributed by atoms with E-state index in [0.29, 0.717) is 76.8 Å². The lowest BCUT2D eigenvalue weighted by Gasteiger charge is -2.22. The lowest BCUT2D eigenvalue weighted by molar-refractivity contribution is -0.118. The molecule has 1 aliphatic heterocycles. The number of ether oxygens (including phenoxy) is 4. The number of rotatable bonds is 7. The number of aromatic nitrogens is 2. The van der Waals surface area contributed by atoms with E-state index >= 15 is 0 Å². The predicted octanol–water partition coefficient (Wildman–Crippen LogP) is 4.77. The Kier molecular flexibility index (Phi) is 5.28. The third-order valence-corrected chi connectivity index (χ3v) is 5.75. The number of nitrogens with zero attached hydrogens (tertiary/aromatic N) is 2. The molecule has 1 aromatic heterocycles. The van der Waals surface area contributed by atoms with E-state index in [0.717, 1.165) is 18.4 Å². The fraction of sp³-hybridized carbons (Fsp3) is 0.348. The zero-order valence-corrected chi connectivity index (χ0v) is 17.8. The summed E-state index contributed by atoms with van der Waals surface area (Å²) in [5.41, 5.74) is 1.41. The highest BCUT2D eigenvalue weighted by Crippen LogP contribution is 2.47. The van der Waals surface area contributed by atoms with E-state index in [2.05, 4.69) is 9.97 Å². The van der Waals surface area contributed by atoms with Crippen LogP contribution in [-0.2, 0) is 11.2 Å². The molecular formula is C23H21ClN2O5. The molecule has 31 heavy (non-hydrogen) atoms. The highest BCUT2D eigenvalue weighted by molar-refractivity contribution is 6.31. The van der Waals surface area contributed by atoms with Gasteiger partial charge in [-0.15, -0.1) is 0 Å². The fourth-order valence-electron chi connectivity index (χ4n) is 3.69. The monoisotopic (exact) mass is 440 g/mol. The van der Waals surface area contributed by atoms with Crippen LogP contribution in [0.25, 0.3) is 10.9 Å². The van der Waals surface area contributed by atoms with Gasteiger partial charge in [-0.1, -0.05) is 17.7 Å². The Balaban J connectivity index is 1.45. The van der Waals surface area contributed by atoms with Gasteiger partial charge in [0.25, 0.3) is 0 Å². The quantitative estimate of drug-likeness (QED) is 0.523. The van der Waals surface area contributed by atoms with Crippen molar-refractivity contribution in [1.29, 1.82) is 0 Å². The third kappa shape index (κ3) is 4.10. The summed E-state index contributed by atoms with van der Waals surface area (Å²) in [6.07, 6.45) is 4.70. The molecule has 0 saturated heterocycles. The largest absolute Gasteiger partial charge is 0.493 e. The fourth-order valence-corrected chi connectivity index (χ4v) is 3.92. The molecule has 2 aliphatic rings. The van der Waals surface area contributed by atoms with Crippen molar-refractivity contribution in [2.45, 2.75) is 25.7 Å². The van der Waals surface area contributed by atoms with E-state index in [1.54, 1.807) is 25.3 Å². The van der Waals surface area contributed by atoms with Crippen molar-refractivity contribution in [3.05, 3.63) is 41.2 Å². The Bertz CT molecular complexity index is 1160. The molecule has 0 unspecified atom stereocenters. The van der Waals surface area contributed by atoms with Gasteiger partial charge in [-0.25, -0.2) is 9.97 Å². The van der Waals surface area contributed by atoms with Crippen LogP contribution in [0.1, 0.15) is 24.8 Å². The molecule has 1 saturated carbocycles. The van der Waals surface area contributed by atoms with Crippen molar-refractivity contribution < 1.29 is 23.7 Å². The first kappa shape index (κ1) is 19.9. The van der Waals surface area contributed by atoms with E-state index in [4.69, 9.17) is 30.5 Å². The van der Waals surface area contributed by atoms with Crippen LogP contribution >= 0.6 is 11.6 Å². The van der Waals surface area contributed by atoms with E-state index in [1.807, 2.05) is 6.07 Å².